The Kier molecular flexibility index (Phi) is 4.67. The van der Waals surface area contributed by atoms with Gasteiger partial charge in [-0.25, -0.2) is 4.79 Å². The largest absolute Gasteiger partial charge is 0.497 e. The molecule has 1 saturated heterocycles. The van der Waals surface area contributed by atoms with Crippen LogP contribution in [0, 0.1) is 17.8 Å². The summed E-state index contributed by atoms with van der Waals surface area (Å²) in [7, 11) is 1.60. The van der Waals surface area contributed by atoms with Gasteiger partial charge in [0.15, 0.2) is 0 Å². The zero-order valence-corrected chi connectivity index (χ0v) is 17.2. The molecule has 5 fully saturated rings. The molecule has 1 aromatic rings. The van der Waals surface area contributed by atoms with E-state index in [-0.39, 0.29) is 23.5 Å². The number of carbonyl (C=O) groups excluding carboxylic acids is 2. The Hall–Kier alpha value is -2.24. The van der Waals surface area contributed by atoms with Crippen LogP contribution in [0.5, 0.6) is 5.75 Å². The van der Waals surface area contributed by atoms with Crippen molar-refractivity contribution >= 4 is 17.6 Å². The van der Waals surface area contributed by atoms with E-state index in [2.05, 4.69) is 10.6 Å². The topological polar surface area (TPSA) is 70.7 Å². The molecule has 4 aliphatic carbocycles. The number of amides is 3. The van der Waals surface area contributed by atoms with E-state index in [1.165, 1.54) is 19.3 Å². The normalized spacial score (nSPS) is 34.9. The Morgan fingerprint density at radius 3 is 2.45 bits per heavy atom. The Labute approximate surface area is 172 Å². The van der Waals surface area contributed by atoms with Gasteiger partial charge >= 0.3 is 6.03 Å². The second-order valence-corrected chi connectivity index (χ2v) is 9.70. The van der Waals surface area contributed by atoms with Gasteiger partial charge in [0.2, 0.25) is 5.91 Å². The molecule has 4 saturated carbocycles. The summed E-state index contributed by atoms with van der Waals surface area (Å²) in [5.74, 6) is 3.11. The van der Waals surface area contributed by atoms with Crippen LogP contribution in [-0.2, 0) is 4.79 Å². The highest BCUT2D eigenvalue weighted by Crippen LogP contribution is 2.55. The second-order valence-electron chi connectivity index (χ2n) is 9.70. The van der Waals surface area contributed by atoms with Gasteiger partial charge in [0.05, 0.1) is 7.11 Å². The highest BCUT2D eigenvalue weighted by molar-refractivity contribution is 5.94. The molecule has 6 heteroatoms. The molecular formula is C23H31N3O3. The minimum Gasteiger partial charge on any atom is -0.497 e. The molecule has 6 nitrogen and oxygen atoms in total. The van der Waals surface area contributed by atoms with Gasteiger partial charge in [-0.15, -0.1) is 0 Å². The second kappa shape index (κ2) is 7.22. The van der Waals surface area contributed by atoms with Crippen LogP contribution in [0.4, 0.5) is 10.5 Å². The van der Waals surface area contributed by atoms with Crippen LogP contribution in [-0.4, -0.2) is 42.1 Å². The van der Waals surface area contributed by atoms with E-state index in [1.54, 1.807) is 18.1 Å². The lowest BCUT2D eigenvalue weighted by Gasteiger charge is -2.57. The number of rotatable bonds is 4. The SMILES string of the molecule is COc1cccc(NC(=O)N2CCC[C@H]2C(=O)NC23CC4CC(CC(C4)C2)C3)c1. The highest BCUT2D eigenvalue weighted by Gasteiger charge is 2.52. The molecule has 2 N–H and O–H groups in total. The number of likely N-dealkylation sites (tertiary alicyclic amines) is 1. The number of ether oxygens (including phenoxy) is 1. The van der Waals surface area contributed by atoms with Crippen molar-refractivity contribution in [2.24, 2.45) is 17.8 Å². The molecule has 1 aromatic carbocycles. The van der Waals surface area contributed by atoms with Crippen LogP contribution in [0.2, 0.25) is 0 Å². The molecule has 0 unspecified atom stereocenters. The van der Waals surface area contributed by atoms with E-state index in [9.17, 15) is 9.59 Å². The predicted molar refractivity (Wildman–Crippen MR) is 111 cm³/mol. The number of anilines is 1. The third-order valence-corrected chi connectivity index (χ3v) is 7.56. The van der Waals surface area contributed by atoms with Gasteiger partial charge in [-0.05, 0) is 81.3 Å². The first-order valence-corrected chi connectivity index (χ1v) is 11.1. The molecule has 156 valence electrons. The Morgan fingerprint density at radius 2 is 1.79 bits per heavy atom. The fourth-order valence-corrected chi connectivity index (χ4v) is 6.79. The number of urea groups is 1. The molecule has 6 rings (SSSR count). The van der Waals surface area contributed by atoms with E-state index >= 15 is 0 Å². The Morgan fingerprint density at radius 1 is 1.10 bits per heavy atom. The van der Waals surface area contributed by atoms with Gasteiger partial charge < -0.3 is 20.3 Å². The summed E-state index contributed by atoms with van der Waals surface area (Å²) < 4.78 is 5.23. The average Bonchev–Trinajstić information content (AvgIpc) is 3.17. The van der Waals surface area contributed by atoms with E-state index in [0.29, 0.717) is 18.0 Å². The zero-order valence-electron chi connectivity index (χ0n) is 17.2. The number of hydrogen-bond donors (Lipinski definition) is 2. The number of nitrogens with one attached hydrogen (secondary N) is 2. The first-order valence-electron chi connectivity index (χ1n) is 11.1. The van der Waals surface area contributed by atoms with Crippen molar-refractivity contribution in [1.82, 2.24) is 10.2 Å². The Balaban J connectivity index is 1.25. The van der Waals surface area contributed by atoms with Crippen molar-refractivity contribution in [3.8, 4) is 5.75 Å². The summed E-state index contributed by atoms with van der Waals surface area (Å²) in [5.41, 5.74) is 0.671. The zero-order chi connectivity index (χ0) is 20.0. The minimum atomic E-state index is -0.367. The van der Waals surface area contributed by atoms with Gasteiger partial charge in [-0.3, -0.25) is 4.79 Å². The van der Waals surface area contributed by atoms with Crippen LogP contribution in [0.15, 0.2) is 24.3 Å². The molecular weight excluding hydrogens is 366 g/mol. The lowest BCUT2D eigenvalue weighted by Crippen LogP contribution is -2.62. The number of hydrogen-bond acceptors (Lipinski definition) is 3. The van der Waals surface area contributed by atoms with E-state index in [0.717, 1.165) is 49.9 Å². The molecule has 0 aromatic heterocycles. The predicted octanol–water partition coefficient (Wildman–Crippen LogP) is 3.78. The molecule has 29 heavy (non-hydrogen) atoms. The quantitative estimate of drug-likeness (QED) is 0.812. The molecule has 4 bridgehead atoms. The third-order valence-electron chi connectivity index (χ3n) is 7.56. The van der Waals surface area contributed by atoms with Crippen LogP contribution in [0.3, 0.4) is 0 Å². The molecule has 1 heterocycles. The highest BCUT2D eigenvalue weighted by atomic mass is 16.5. The fraction of sp³-hybridized carbons (Fsp3) is 0.652. The third kappa shape index (κ3) is 3.58. The summed E-state index contributed by atoms with van der Waals surface area (Å²) in [6.07, 6.45) is 9.07. The molecule has 1 atom stereocenters. The van der Waals surface area contributed by atoms with Crippen molar-refractivity contribution in [3.63, 3.8) is 0 Å². The number of nitrogens with zero attached hydrogens (tertiary/aromatic N) is 1. The summed E-state index contributed by atoms with van der Waals surface area (Å²) in [6.45, 7) is 0.620. The number of methoxy groups -OCH3 is 1. The minimum absolute atomic E-state index is 0.0105. The summed E-state index contributed by atoms with van der Waals surface area (Å²) in [4.78, 5) is 27.8. The molecule has 3 amide bonds. The molecule has 5 aliphatic rings. The number of carbonyl (C=O) groups is 2. The maximum absolute atomic E-state index is 13.2. The Bertz CT molecular complexity index is 773. The smallest absolute Gasteiger partial charge is 0.322 e. The van der Waals surface area contributed by atoms with Crippen LogP contribution in [0.25, 0.3) is 0 Å². The first-order chi connectivity index (χ1) is 14.0. The maximum atomic E-state index is 13.2. The molecule has 0 radical (unpaired) electrons. The van der Waals surface area contributed by atoms with Crippen molar-refractivity contribution < 1.29 is 14.3 Å². The van der Waals surface area contributed by atoms with E-state index < -0.39 is 0 Å². The first kappa shape index (κ1) is 18.8. The van der Waals surface area contributed by atoms with E-state index in [1.807, 2.05) is 18.2 Å². The van der Waals surface area contributed by atoms with Gasteiger partial charge in [0.25, 0.3) is 0 Å². The number of benzene rings is 1. The average molecular weight is 398 g/mol. The van der Waals surface area contributed by atoms with Gasteiger partial charge in [-0.1, -0.05) is 6.07 Å². The standard InChI is InChI=1S/C23H31N3O3/c1-29-19-5-2-4-18(11-19)24-22(28)26-7-3-6-20(26)21(27)25-23-12-15-8-16(13-23)10-17(9-15)14-23/h2,4-5,11,15-17,20H,3,6-10,12-14H2,1H3,(H,24,28)(H,25,27)/t15?,16?,17?,20-,23?/m0/s1. The van der Waals surface area contributed by atoms with Crippen LogP contribution < -0.4 is 15.4 Å². The monoisotopic (exact) mass is 397 g/mol. The van der Waals surface area contributed by atoms with Gasteiger partial charge in [-0.2, -0.15) is 0 Å². The van der Waals surface area contributed by atoms with Crippen molar-refractivity contribution in [3.05, 3.63) is 24.3 Å². The van der Waals surface area contributed by atoms with Crippen molar-refractivity contribution in [1.29, 1.82) is 0 Å². The van der Waals surface area contributed by atoms with Gasteiger partial charge in [0, 0.05) is 23.8 Å². The summed E-state index contributed by atoms with van der Waals surface area (Å²) in [6, 6.07) is 6.73. The van der Waals surface area contributed by atoms with Crippen molar-refractivity contribution in [2.45, 2.75) is 62.9 Å². The van der Waals surface area contributed by atoms with Gasteiger partial charge in [0.1, 0.15) is 11.8 Å². The van der Waals surface area contributed by atoms with E-state index in [4.69, 9.17) is 4.74 Å². The fourth-order valence-electron chi connectivity index (χ4n) is 6.79. The lowest BCUT2D eigenvalue weighted by atomic mass is 9.53. The lowest BCUT2D eigenvalue weighted by molar-refractivity contribution is -0.130. The summed E-state index contributed by atoms with van der Waals surface area (Å²) >= 11 is 0. The van der Waals surface area contributed by atoms with Crippen LogP contribution >= 0.6 is 0 Å². The maximum Gasteiger partial charge on any atom is 0.322 e. The van der Waals surface area contributed by atoms with Crippen LogP contribution in [0.1, 0.15) is 51.4 Å². The molecule has 0 spiro atoms. The van der Waals surface area contributed by atoms with Crippen molar-refractivity contribution in [2.75, 3.05) is 19.0 Å². The summed E-state index contributed by atoms with van der Waals surface area (Å²) in [5, 5.41) is 6.38. The molecule has 1 aliphatic heterocycles.